The molecule has 1 aromatic carbocycles. The fraction of sp³-hybridized carbons (Fsp3) is 0.682. The minimum Gasteiger partial charge on any atom is -0.445 e. The minimum atomic E-state index is -0.294. The summed E-state index contributed by atoms with van der Waals surface area (Å²) in [6, 6.07) is 10.5. The predicted octanol–water partition coefficient (Wildman–Crippen LogP) is 5.02. The van der Waals surface area contributed by atoms with E-state index in [-0.39, 0.29) is 12.1 Å². The van der Waals surface area contributed by atoms with Gasteiger partial charge in [0.15, 0.2) is 0 Å². The number of rotatable bonds is 3. The molecule has 0 saturated heterocycles. The van der Waals surface area contributed by atoms with Crippen molar-refractivity contribution in [3.63, 3.8) is 0 Å². The van der Waals surface area contributed by atoms with Gasteiger partial charge in [-0.1, -0.05) is 69.9 Å². The maximum atomic E-state index is 11.7. The second-order valence-corrected chi connectivity index (χ2v) is 8.21. The molecule has 4 nitrogen and oxygen atoms in total. The molecule has 2 aliphatic rings. The average Bonchev–Trinajstić information content (AvgIpc) is 2.61. The number of hydrogen-bond acceptors (Lipinski definition) is 3. The van der Waals surface area contributed by atoms with Crippen molar-refractivity contribution >= 4 is 6.09 Å². The quantitative estimate of drug-likeness (QED) is 0.796. The summed E-state index contributed by atoms with van der Waals surface area (Å²) >= 11 is 0. The zero-order chi connectivity index (χ0) is 18.8. The van der Waals surface area contributed by atoms with Crippen molar-refractivity contribution in [2.75, 3.05) is 0 Å². The molecule has 1 aromatic rings. The third kappa shape index (κ3) is 8.22. The Balaban J connectivity index is 0.000000254. The molecular formula is C22H36N2O2. The van der Waals surface area contributed by atoms with Gasteiger partial charge in [-0.3, -0.25) is 0 Å². The number of alkyl carbamates (subject to hydrolysis) is 1. The smallest absolute Gasteiger partial charge is 0.407 e. The van der Waals surface area contributed by atoms with Gasteiger partial charge in [0.2, 0.25) is 0 Å². The molecule has 0 aliphatic heterocycles. The molecule has 1 amide bonds. The van der Waals surface area contributed by atoms with Crippen LogP contribution in [0.25, 0.3) is 0 Å². The van der Waals surface area contributed by atoms with Crippen molar-refractivity contribution in [2.45, 2.75) is 83.9 Å². The zero-order valence-electron chi connectivity index (χ0n) is 16.5. The fourth-order valence-corrected chi connectivity index (χ4v) is 3.98. The Hall–Kier alpha value is -1.55. The van der Waals surface area contributed by atoms with Crippen LogP contribution in [0.15, 0.2) is 30.3 Å². The number of benzene rings is 1. The molecule has 3 rings (SSSR count). The van der Waals surface area contributed by atoms with Gasteiger partial charge in [-0.05, 0) is 43.1 Å². The molecule has 2 aliphatic carbocycles. The predicted molar refractivity (Wildman–Crippen MR) is 107 cm³/mol. The third-order valence-electron chi connectivity index (χ3n) is 5.45. The third-order valence-corrected chi connectivity index (χ3v) is 5.45. The topological polar surface area (TPSA) is 64.3 Å². The Morgan fingerprint density at radius 1 is 1.04 bits per heavy atom. The Bertz CT molecular complexity index is 512. The Morgan fingerprint density at radius 2 is 1.69 bits per heavy atom. The molecule has 0 bridgehead atoms. The lowest BCUT2D eigenvalue weighted by Crippen LogP contribution is -2.38. The van der Waals surface area contributed by atoms with Gasteiger partial charge in [0.25, 0.3) is 0 Å². The highest BCUT2D eigenvalue weighted by molar-refractivity contribution is 5.67. The van der Waals surface area contributed by atoms with Crippen molar-refractivity contribution in [3.8, 4) is 0 Å². The Labute approximate surface area is 158 Å². The van der Waals surface area contributed by atoms with Crippen LogP contribution in [0.3, 0.4) is 0 Å². The van der Waals surface area contributed by atoms with E-state index in [1.807, 2.05) is 30.3 Å². The Kier molecular flexibility index (Phi) is 8.96. The first-order valence-electron chi connectivity index (χ1n) is 10.3. The van der Waals surface area contributed by atoms with E-state index in [1.54, 1.807) is 0 Å². The molecule has 0 spiro atoms. The standard InChI is InChI=1S/C15H21NO2.C7H15N/c1-12-6-5-9-14(10-12)16-15(17)18-11-13-7-3-2-4-8-13;1-6-3-2-4-7(8)5-6/h2-4,7-8,12,14H,5-6,9-11H2,1H3,(H,16,17);6-7H,2-5,8H2,1H3/t12-,14+;6-,7+/m11/s1. The number of hydrogen-bond donors (Lipinski definition) is 2. The van der Waals surface area contributed by atoms with Gasteiger partial charge >= 0.3 is 6.09 Å². The molecule has 26 heavy (non-hydrogen) atoms. The van der Waals surface area contributed by atoms with Crippen molar-refractivity contribution in [1.29, 1.82) is 0 Å². The highest BCUT2D eigenvalue weighted by atomic mass is 16.5. The van der Waals surface area contributed by atoms with Gasteiger partial charge in [-0.25, -0.2) is 4.79 Å². The van der Waals surface area contributed by atoms with E-state index in [4.69, 9.17) is 10.5 Å². The normalized spacial score (nSPS) is 28.4. The van der Waals surface area contributed by atoms with Crippen LogP contribution in [0, 0.1) is 11.8 Å². The average molecular weight is 361 g/mol. The first-order valence-corrected chi connectivity index (χ1v) is 10.3. The summed E-state index contributed by atoms with van der Waals surface area (Å²) < 4.78 is 5.22. The summed E-state index contributed by atoms with van der Waals surface area (Å²) in [6.07, 6.45) is 9.58. The SMILES string of the molecule is C[C@@H]1CCC[C@H](N)C1.C[C@@H]1CCC[C@H](NC(=O)OCc2ccccc2)C1. The highest BCUT2D eigenvalue weighted by Crippen LogP contribution is 2.23. The number of nitrogens with one attached hydrogen (secondary N) is 1. The molecule has 0 heterocycles. The van der Waals surface area contributed by atoms with Crippen molar-refractivity contribution in [3.05, 3.63) is 35.9 Å². The molecule has 0 radical (unpaired) electrons. The molecule has 0 aromatic heterocycles. The number of nitrogens with two attached hydrogens (primary N) is 1. The van der Waals surface area contributed by atoms with Gasteiger partial charge in [0.05, 0.1) is 0 Å². The summed E-state index contributed by atoms with van der Waals surface area (Å²) in [6.45, 7) is 4.87. The zero-order valence-corrected chi connectivity index (χ0v) is 16.5. The van der Waals surface area contributed by atoms with Crippen molar-refractivity contribution in [1.82, 2.24) is 5.32 Å². The summed E-state index contributed by atoms with van der Waals surface area (Å²) in [4.78, 5) is 11.7. The van der Waals surface area contributed by atoms with E-state index in [0.717, 1.165) is 24.3 Å². The van der Waals surface area contributed by atoms with E-state index >= 15 is 0 Å². The molecule has 0 unspecified atom stereocenters. The second kappa shape index (κ2) is 11.2. The molecule has 4 atom stereocenters. The first-order chi connectivity index (χ1) is 12.5. The number of carbonyl (C=O) groups is 1. The molecule has 2 saturated carbocycles. The van der Waals surface area contributed by atoms with Crippen LogP contribution in [0.2, 0.25) is 0 Å². The summed E-state index contributed by atoms with van der Waals surface area (Å²) in [5.74, 6) is 1.59. The second-order valence-electron chi connectivity index (χ2n) is 8.21. The van der Waals surface area contributed by atoms with Gasteiger partial charge < -0.3 is 15.8 Å². The van der Waals surface area contributed by atoms with Gasteiger partial charge in [-0.2, -0.15) is 0 Å². The van der Waals surface area contributed by atoms with Crippen molar-refractivity contribution in [2.24, 2.45) is 17.6 Å². The number of carbonyl (C=O) groups excluding carboxylic acids is 1. The minimum absolute atomic E-state index is 0.289. The molecule has 2 fully saturated rings. The summed E-state index contributed by atoms with van der Waals surface area (Å²) in [5, 5.41) is 2.96. The lowest BCUT2D eigenvalue weighted by atomic mass is 9.87. The number of amides is 1. The monoisotopic (exact) mass is 360 g/mol. The van der Waals surface area contributed by atoms with Crippen LogP contribution in [-0.4, -0.2) is 18.2 Å². The fourth-order valence-electron chi connectivity index (χ4n) is 3.98. The van der Waals surface area contributed by atoms with Gasteiger partial charge in [-0.15, -0.1) is 0 Å². The maximum absolute atomic E-state index is 11.7. The summed E-state index contributed by atoms with van der Waals surface area (Å²) in [5.41, 5.74) is 6.74. The summed E-state index contributed by atoms with van der Waals surface area (Å²) in [7, 11) is 0. The van der Waals surface area contributed by atoms with E-state index in [0.29, 0.717) is 18.6 Å². The lowest BCUT2D eigenvalue weighted by Gasteiger charge is -2.27. The number of ether oxygens (including phenoxy) is 1. The van der Waals surface area contributed by atoms with E-state index in [1.165, 1.54) is 38.5 Å². The van der Waals surface area contributed by atoms with Crippen LogP contribution < -0.4 is 11.1 Å². The van der Waals surface area contributed by atoms with Crippen LogP contribution in [-0.2, 0) is 11.3 Å². The Morgan fingerprint density at radius 3 is 2.27 bits per heavy atom. The highest BCUT2D eigenvalue weighted by Gasteiger charge is 2.20. The molecule has 3 N–H and O–H groups in total. The lowest BCUT2D eigenvalue weighted by molar-refractivity contribution is 0.131. The van der Waals surface area contributed by atoms with Crippen LogP contribution in [0.1, 0.15) is 70.8 Å². The van der Waals surface area contributed by atoms with Crippen molar-refractivity contribution < 1.29 is 9.53 Å². The van der Waals surface area contributed by atoms with Gasteiger partial charge in [0, 0.05) is 12.1 Å². The molecule has 4 heteroatoms. The maximum Gasteiger partial charge on any atom is 0.407 e. The van der Waals surface area contributed by atoms with E-state index < -0.39 is 0 Å². The first kappa shape index (κ1) is 20.8. The molecular weight excluding hydrogens is 324 g/mol. The van der Waals surface area contributed by atoms with Crippen LogP contribution in [0.5, 0.6) is 0 Å². The largest absolute Gasteiger partial charge is 0.445 e. The van der Waals surface area contributed by atoms with Gasteiger partial charge in [0.1, 0.15) is 6.61 Å². The van der Waals surface area contributed by atoms with Crippen LogP contribution in [0.4, 0.5) is 4.79 Å². The van der Waals surface area contributed by atoms with E-state index in [9.17, 15) is 4.79 Å². The van der Waals surface area contributed by atoms with E-state index in [2.05, 4.69) is 19.2 Å². The van der Waals surface area contributed by atoms with Crippen LogP contribution >= 0.6 is 0 Å². The molecule has 146 valence electrons.